The SMILES string of the molecule is CC1=CC(O)(c2ccc(Cl)cc2)N(c2ccc([N+](=O)[O-])cc2)N1. The number of anilines is 1. The van der Waals surface area contributed by atoms with Gasteiger partial charge in [0.1, 0.15) is 0 Å². The Balaban J connectivity index is 2.01. The first kappa shape index (κ1) is 15.3. The molecule has 0 amide bonds. The molecule has 3 rings (SSSR count). The van der Waals surface area contributed by atoms with Crippen molar-refractivity contribution in [2.75, 3.05) is 5.01 Å². The van der Waals surface area contributed by atoms with E-state index < -0.39 is 10.6 Å². The van der Waals surface area contributed by atoms with Crippen molar-refractivity contribution in [3.8, 4) is 0 Å². The fourth-order valence-electron chi connectivity index (χ4n) is 2.55. The highest BCUT2D eigenvalue weighted by atomic mass is 35.5. The second-order valence-corrected chi connectivity index (χ2v) is 5.72. The zero-order valence-electron chi connectivity index (χ0n) is 12.2. The molecule has 6 nitrogen and oxygen atoms in total. The molecule has 0 saturated carbocycles. The topological polar surface area (TPSA) is 78.6 Å². The summed E-state index contributed by atoms with van der Waals surface area (Å²) in [6, 6.07) is 12.8. The standard InChI is InChI=1S/C16H14ClN3O3/c1-11-10-16(21,12-2-4-13(17)5-3-12)19(18-11)14-6-8-15(9-7-14)20(22)23/h2-10,18,21H,1H3. The smallest absolute Gasteiger partial charge is 0.269 e. The summed E-state index contributed by atoms with van der Waals surface area (Å²) in [6.07, 6.45) is 1.68. The molecular formula is C16H14ClN3O3. The van der Waals surface area contributed by atoms with E-state index in [9.17, 15) is 15.2 Å². The van der Waals surface area contributed by atoms with Gasteiger partial charge in [-0.05, 0) is 37.3 Å². The Bertz CT molecular complexity index is 774. The highest BCUT2D eigenvalue weighted by Gasteiger charge is 2.39. The molecule has 7 heteroatoms. The quantitative estimate of drug-likeness (QED) is 0.666. The van der Waals surface area contributed by atoms with E-state index in [0.29, 0.717) is 16.3 Å². The molecule has 0 fully saturated rings. The van der Waals surface area contributed by atoms with Crippen LogP contribution in [0.2, 0.25) is 5.02 Å². The molecule has 0 bridgehead atoms. The van der Waals surface area contributed by atoms with Crippen molar-refractivity contribution in [3.63, 3.8) is 0 Å². The molecule has 0 radical (unpaired) electrons. The first-order valence-corrected chi connectivity index (χ1v) is 7.27. The lowest BCUT2D eigenvalue weighted by molar-refractivity contribution is -0.384. The average molecular weight is 332 g/mol. The van der Waals surface area contributed by atoms with Crippen molar-refractivity contribution < 1.29 is 10.0 Å². The maximum Gasteiger partial charge on any atom is 0.269 e. The number of nitrogens with zero attached hydrogens (tertiary/aromatic N) is 2. The summed E-state index contributed by atoms with van der Waals surface area (Å²) < 4.78 is 0. The summed E-state index contributed by atoms with van der Waals surface area (Å²) >= 11 is 5.90. The van der Waals surface area contributed by atoms with Gasteiger partial charge in [0, 0.05) is 28.4 Å². The number of benzene rings is 2. The van der Waals surface area contributed by atoms with E-state index >= 15 is 0 Å². The Morgan fingerprint density at radius 2 is 1.78 bits per heavy atom. The molecule has 118 valence electrons. The van der Waals surface area contributed by atoms with Crippen LogP contribution in [0.1, 0.15) is 12.5 Å². The second-order valence-electron chi connectivity index (χ2n) is 5.28. The van der Waals surface area contributed by atoms with Gasteiger partial charge in [0.15, 0.2) is 0 Å². The van der Waals surface area contributed by atoms with Gasteiger partial charge in [-0.15, -0.1) is 0 Å². The molecule has 2 N–H and O–H groups in total. The maximum atomic E-state index is 11.1. The molecule has 23 heavy (non-hydrogen) atoms. The van der Waals surface area contributed by atoms with Crippen molar-refractivity contribution in [1.29, 1.82) is 0 Å². The lowest BCUT2D eigenvalue weighted by Crippen LogP contribution is -2.47. The number of hydrogen-bond acceptors (Lipinski definition) is 5. The Kier molecular flexibility index (Phi) is 3.71. The van der Waals surface area contributed by atoms with Crippen molar-refractivity contribution in [1.82, 2.24) is 5.43 Å². The van der Waals surface area contributed by atoms with Crippen LogP contribution in [0.5, 0.6) is 0 Å². The molecule has 0 aromatic heterocycles. The van der Waals surface area contributed by atoms with Gasteiger partial charge in [0.05, 0.1) is 10.6 Å². The number of rotatable bonds is 3. The molecule has 2 aromatic rings. The first-order chi connectivity index (χ1) is 10.9. The third-order valence-corrected chi connectivity index (χ3v) is 3.89. The number of nitrogens with one attached hydrogen (secondary N) is 1. The summed E-state index contributed by atoms with van der Waals surface area (Å²) in [4.78, 5) is 10.3. The lowest BCUT2D eigenvalue weighted by atomic mass is 10.0. The fourth-order valence-corrected chi connectivity index (χ4v) is 2.68. The van der Waals surface area contributed by atoms with Crippen LogP contribution in [0.3, 0.4) is 0 Å². The summed E-state index contributed by atoms with van der Waals surface area (Å²) in [5.41, 5.74) is 3.64. The van der Waals surface area contributed by atoms with Gasteiger partial charge in [-0.1, -0.05) is 23.7 Å². The van der Waals surface area contributed by atoms with E-state index in [1.807, 2.05) is 6.92 Å². The van der Waals surface area contributed by atoms with Crippen molar-refractivity contribution in [2.45, 2.75) is 12.6 Å². The van der Waals surface area contributed by atoms with E-state index in [-0.39, 0.29) is 5.69 Å². The third-order valence-electron chi connectivity index (χ3n) is 3.63. The average Bonchev–Trinajstić information content (AvgIpc) is 2.84. The van der Waals surface area contributed by atoms with E-state index in [1.165, 1.54) is 12.1 Å². The van der Waals surface area contributed by atoms with E-state index in [4.69, 9.17) is 11.6 Å². The van der Waals surface area contributed by atoms with Gasteiger partial charge in [0.2, 0.25) is 5.72 Å². The Morgan fingerprint density at radius 1 is 1.17 bits per heavy atom. The van der Waals surface area contributed by atoms with Gasteiger partial charge >= 0.3 is 0 Å². The van der Waals surface area contributed by atoms with Crippen molar-refractivity contribution in [3.05, 3.63) is 81.0 Å². The number of aliphatic hydroxyl groups is 1. The molecule has 1 heterocycles. The lowest BCUT2D eigenvalue weighted by Gasteiger charge is -2.34. The molecule has 0 saturated heterocycles. The summed E-state index contributed by atoms with van der Waals surface area (Å²) in [5.74, 6) is 0. The predicted octanol–water partition coefficient (Wildman–Crippen LogP) is 3.32. The summed E-state index contributed by atoms with van der Waals surface area (Å²) in [5, 5.41) is 24.0. The van der Waals surface area contributed by atoms with Crippen LogP contribution < -0.4 is 10.4 Å². The second kappa shape index (κ2) is 5.57. The van der Waals surface area contributed by atoms with Crippen LogP contribution in [-0.2, 0) is 5.72 Å². The molecule has 0 spiro atoms. The Hall–Kier alpha value is -2.57. The largest absolute Gasteiger partial charge is 0.362 e. The highest BCUT2D eigenvalue weighted by molar-refractivity contribution is 6.30. The maximum absolute atomic E-state index is 11.1. The highest BCUT2D eigenvalue weighted by Crippen LogP contribution is 2.36. The molecular weight excluding hydrogens is 318 g/mol. The van der Waals surface area contributed by atoms with Gasteiger partial charge in [-0.25, -0.2) is 5.01 Å². The molecule has 1 aliphatic rings. The van der Waals surface area contributed by atoms with E-state index in [2.05, 4.69) is 5.43 Å². The van der Waals surface area contributed by atoms with Crippen molar-refractivity contribution >= 4 is 23.0 Å². The molecule has 1 unspecified atom stereocenters. The third kappa shape index (κ3) is 2.74. The number of nitro groups is 1. The van der Waals surface area contributed by atoms with Crippen LogP contribution in [0.25, 0.3) is 0 Å². The van der Waals surface area contributed by atoms with Crippen LogP contribution >= 0.6 is 11.6 Å². The minimum atomic E-state index is -1.41. The minimum absolute atomic E-state index is 0.00680. The van der Waals surface area contributed by atoms with Gasteiger partial charge in [-0.3, -0.25) is 15.5 Å². The zero-order chi connectivity index (χ0) is 16.6. The monoisotopic (exact) mass is 331 g/mol. The van der Waals surface area contributed by atoms with Crippen LogP contribution in [-0.4, -0.2) is 10.0 Å². The molecule has 0 aliphatic carbocycles. The molecule has 1 atom stereocenters. The van der Waals surface area contributed by atoms with Gasteiger partial charge < -0.3 is 5.11 Å². The summed E-state index contributed by atoms with van der Waals surface area (Å²) in [6.45, 7) is 1.83. The van der Waals surface area contributed by atoms with E-state index in [0.717, 1.165) is 5.70 Å². The van der Waals surface area contributed by atoms with E-state index in [1.54, 1.807) is 47.5 Å². The van der Waals surface area contributed by atoms with Crippen LogP contribution in [0.15, 0.2) is 60.3 Å². The minimum Gasteiger partial charge on any atom is -0.362 e. The first-order valence-electron chi connectivity index (χ1n) is 6.89. The van der Waals surface area contributed by atoms with Crippen LogP contribution in [0.4, 0.5) is 11.4 Å². The number of hydrogen-bond donors (Lipinski definition) is 2. The number of hydrazine groups is 1. The number of allylic oxidation sites excluding steroid dienone is 1. The Labute approximate surface area is 137 Å². The zero-order valence-corrected chi connectivity index (χ0v) is 13.0. The van der Waals surface area contributed by atoms with Gasteiger partial charge in [-0.2, -0.15) is 0 Å². The van der Waals surface area contributed by atoms with Crippen molar-refractivity contribution in [2.24, 2.45) is 0 Å². The molecule has 1 aliphatic heterocycles. The fraction of sp³-hybridized carbons (Fsp3) is 0.125. The van der Waals surface area contributed by atoms with Crippen LogP contribution in [0, 0.1) is 10.1 Å². The number of nitro benzene ring substituents is 1. The van der Waals surface area contributed by atoms with Gasteiger partial charge in [0.25, 0.3) is 5.69 Å². The normalized spacial score (nSPS) is 20.1. The number of non-ortho nitro benzene ring substituents is 1. The molecule has 2 aromatic carbocycles. The Morgan fingerprint density at radius 3 is 2.35 bits per heavy atom. The predicted molar refractivity (Wildman–Crippen MR) is 87.8 cm³/mol. The number of halogens is 1. The summed E-state index contributed by atoms with van der Waals surface area (Å²) in [7, 11) is 0.